The molecule has 0 atom stereocenters. The molecule has 7 nitrogen and oxygen atoms in total. The average Bonchev–Trinajstić information content (AvgIpc) is 2.67. The van der Waals surface area contributed by atoms with Crippen LogP contribution < -0.4 is 19.1 Å². The molecule has 9 heteroatoms. The monoisotopic (exact) mass is 438 g/mol. The van der Waals surface area contributed by atoms with Crippen LogP contribution in [0.15, 0.2) is 36.4 Å². The molecule has 0 aliphatic carbocycles. The van der Waals surface area contributed by atoms with Crippen LogP contribution in [-0.2, 0) is 14.8 Å². The number of rotatable bonds is 7. The number of nitrogens with zero attached hydrogens (tertiary/aromatic N) is 1. The van der Waals surface area contributed by atoms with E-state index in [0.717, 1.165) is 11.8 Å². The Morgan fingerprint density at radius 2 is 1.86 bits per heavy atom. The van der Waals surface area contributed by atoms with Gasteiger partial charge in [0.05, 0.1) is 11.9 Å². The summed E-state index contributed by atoms with van der Waals surface area (Å²) in [5, 5.41) is 3.35. The summed E-state index contributed by atoms with van der Waals surface area (Å²) in [4.78, 5) is 12.3. The van der Waals surface area contributed by atoms with Crippen LogP contribution in [0.5, 0.6) is 11.5 Å². The first-order valence-corrected chi connectivity index (χ1v) is 11.4. The lowest BCUT2D eigenvalue weighted by atomic mass is 10.2. The number of amides is 1. The highest BCUT2D eigenvalue weighted by Crippen LogP contribution is 2.34. The molecule has 0 aromatic heterocycles. The predicted molar refractivity (Wildman–Crippen MR) is 114 cm³/mol. The number of hydrogen-bond acceptors (Lipinski definition) is 5. The maximum atomic E-state index is 12.3. The lowest BCUT2D eigenvalue weighted by Gasteiger charge is -2.25. The molecule has 29 heavy (non-hydrogen) atoms. The summed E-state index contributed by atoms with van der Waals surface area (Å²) in [6, 6.07) is 10.3. The Labute approximate surface area is 175 Å². The van der Waals surface area contributed by atoms with Crippen LogP contribution in [0.2, 0.25) is 5.02 Å². The second-order valence-electron chi connectivity index (χ2n) is 6.77. The summed E-state index contributed by atoms with van der Waals surface area (Å²) in [6.45, 7) is 2.92. The van der Waals surface area contributed by atoms with Crippen molar-refractivity contribution < 1.29 is 22.7 Å². The molecule has 1 aliphatic heterocycles. The van der Waals surface area contributed by atoms with Gasteiger partial charge in [-0.3, -0.25) is 9.10 Å². The largest absolute Gasteiger partial charge is 0.486 e. The fourth-order valence-electron chi connectivity index (χ4n) is 3.00. The SMILES string of the molecule is Cc1ccc(Cl)cc1NC(=O)CCCN(c1ccc2c(c1)OCCO2)S(C)(=O)=O. The van der Waals surface area contributed by atoms with Crippen molar-refractivity contribution in [3.63, 3.8) is 0 Å². The van der Waals surface area contributed by atoms with Gasteiger partial charge in [0.25, 0.3) is 0 Å². The van der Waals surface area contributed by atoms with Gasteiger partial charge in [-0.15, -0.1) is 0 Å². The minimum atomic E-state index is -3.53. The number of nitrogens with one attached hydrogen (secondary N) is 1. The fraction of sp³-hybridized carbons (Fsp3) is 0.350. The lowest BCUT2D eigenvalue weighted by Crippen LogP contribution is -2.31. The van der Waals surface area contributed by atoms with Crippen molar-refractivity contribution in [1.29, 1.82) is 0 Å². The Morgan fingerprint density at radius 3 is 2.59 bits per heavy atom. The van der Waals surface area contributed by atoms with Gasteiger partial charge in [-0.1, -0.05) is 17.7 Å². The van der Waals surface area contributed by atoms with E-state index in [-0.39, 0.29) is 18.9 Å². The maximum Gasteiger partial charge on any atom is 0.232 e. The number of halogens is 1. The first kappa shape index (κ1) is 21.3. The average molecular weight is 439 g/mol. The fourth-order valence-corrected chi connectivity index (χ4v) is 4.13. The maximum absolute atomic E-state index is 12.3. The van der Waals surface area contributed by atoms with Crippen molar-refractivity contribution in [3.8, 4) is 11.5 Å². The van der Waals surface area contributed by atoms with Gasteiger partial charge in [-0.2, -0.15) is 0 Å². The number of hydrogen-bond donors (Lipinski definition) is 1. The van der Waals surface area contributed by atoms with Gasteiger partial charge in [0.1, 0.15) is 13.2 Å². The minimum absolute atomic E-state index is 0.167. The van der Waals surface area contributed by atoms with Crippen molar-refractivity contribution in [2.75, 3.05) is 35.6 Å². The van der Waals surface area contributed by atoms with Crippen LogP contribution in [0, 0.1) is 6.92 Å². The third-order valence-corrected chi connectivity index (χ3v) is 5.88. The highest BCUT2D eigenvalue weighted by Gasteiger charge is 2.21. The summed E-state index contributed by atoms with van der Waals surface area (Å²) < 4.78 is 36.9. The number of sulfonamides is 1. The standard InChI is InChI=1S/C20H23ClN2O5S/c1-14-5-6-15(21)12-17(14)22-20(24)4-3-9-23(29(2,25)26)16-7-8-18-19(13-16)28-11-10-27-18/h5-8,12-13H,3-4,9-11H2,1-2H3,(H,22,24). The molecule has 0 unspecified atom stereocenters. The van der Waals surface area contributed by atoms with Gasteiger partial charge in [-0.05, 0) is 43.2 Å². The smallest absolute Gasteiger partial charge is 0.232 e. The minimum Gasteiger partial charge on any atom is -0.486 e. The number of anilines is 2. The van der Waals surface area contributed by atoms with Crippen molar-refractivity contribution in [2.45, 2.75) is 19.8 Å². The third kappa shape index (κ3) is 5.55. The van der Waals surface area contributed by atoms with Gasteiger partial charge in [0, 0.05) is 29.7 Å². The first-order valence-electron chi connectivity index (χ1n) is 9.17. The molecule has 0 fully saturated rings. The molecule has 3 rings (SSSR count). The molecule has 0 radical (unpaired) electrons. The first-order chi connectivity index (χ1) is 13.7. The number of carbonyl (C=O) groups excluding carboxylic acids is 1. The van der Waals surface area contributed by atoms with E-state index in [9.17, 15) is 13.2 Å². The van der Waals surface area contributed by atoms with E-state index in [2.05, 4.69) is 5.32 Å². The van der Waals surface area contributed by atoms with Crippen LogP contribution in [0.3, 0.4) is 0 Å². The van der Waals surface area contributed by atoms with E-state index >= 15 is 0 Å². The van der Waals surface area contributed by atoms with Crippen molar-refractivity contribution in [3.05, 3.63) is 47.0 Å². The van der Waals surface area contributed by atoms with Crippen molar-refractivity contribution >= 4 is 38.9 Å². The van der Waals surface area contributed by atoms with Crippen LogP contribution in [0.4, 0.5) is 11.4 Å². The Kier molecular flexibility index (Phi) is 6.54. The number of ether oxygens (including phenoxy) is 2. The van der Waals surface area contributed by atoms with Gasteiger partial charge >= 0.3 is 0 Å². The highest BCUT2D eigenvalue weighted by molar-refractivity contribution is 7.92. The van der Waals surface area contributed by atoms with E-state index in [1.165, 1.54) is 4.31 Å². The van der Waals surface area contributed by atoms with Crippen molar-refractivity contribution in [1.82, 2.24) is 0 Å². The third-order valence-electron chi connectivity index (χ3n) is 4.45. The van der Waals surface area contributed by atoms with Gasteiger partial charge in [-0.25, -0.2) is 8.42 Å². The molecule has 0 saturated heterocycles. The zero-order chi connectivity index (χ0) is 21.0. The van der Waals surface area contributed by atoms with Gasteiger partial charge < -0.3 is 14.8 Å². The molecule has 2 aromatic rings. The summed E-state index contributed by atoms with van der Waals surface area (Å²) in [5.74, 6) is 0.896. The van der Waals surface area contributed by atoms with E-state index in [4.69, 9.17) is 21.1 Å². The number of carbonyl (C=O) groups is 1. The summed E-state index contributed by atoms with van der Waals surface area (Å²) in [7, 11) is -3.53. The predicted octanol–water partition coefficient (Wildman–Crippen LogP) is 3.60. The normalized spacial score (nSPS) is 13.1. The Balaban J connectivity index is 1.64. The summed E-state index contributed by atoms with van der Waals surface area (Å²) in [6.07, 6.45) is 1.66. The van der Waals surface area contributed by atoms with Crippen LogP contribution in [0.1, 0.15) is 18.4 Å². The highest BCUT2D eigenvalue weighted by atomic mass is 35.5. The number of aryl methyl sites for hydroxylation is 1. The van der Waals surface area contributed by atoms with Gasteiger partial charge in [0.15, 0.2) is 11.5 Å². The quantitative estimate of drug-likeness (QED) is 0.713. The second kappa shape index (κ2) is 8.92. The van der Waals surface area contributed by atoms with Crippen LogP contribution in [-0.4, -0.2) is 40.3 Å². The number of fused-ring (bicyclic) bond motifs is 1. The van der Waals surface area contributed by atoms with E-state index in [1.807, 2.05) is 13.0 Å². The molecule has 2 aromatic carbocycles. The molecule has 0 saturated carbocycles. The van der Waals surface area contributed by atoms with Crippen LogP contribution >= 0.6 is 11.6 Å². The zero-order valence-corrected chi connectivity index (χ0v) is 17.8. The molecule has 156 valence electrons. The molecular formula is C20H23ClN2O5S. The molecule has 1 aliphatic rings. The van der Waals surface area contributed by atoms with E-state index in [1.54, 1.807) is 30.3 Å². The Bertz CT molecular complexity index is 1010. The summed E-state index contributed by atoms with van der Waals surface area (Å²) >= 11 is 5.97. The van der Waals surface area contributed by atoms with Crippen molar-refractivity contribution in [2.24, 2.45) is 0 Å². The Hall–Kier alpha value is -2.45. The molecule has 0 bridgehead atoms. The summed E-state index contributed by atoms with van der Waals surface area (Å²) in [5.41, 5.74) is 2.02. The molecule has 0 spiro atoms. The molecule has 1 heterocycles. The van der Waals surface area contributed by atoms with E-state index in [0.29, 0.717) is 47.5 Å². The molecular weight excluding hydrogens is 416 g/mol. The topological polar surface area (TPSA) is 84.9 Å². The lowest BCUT2D eigenvalue weighted by molar-refractivity contribution is -0.116. The zero-order valence-electron chi connectivity index (χ0n) is 16.3. The van der Waals surface area contributed by atoms with E-state index < -0.39 is 10.0 Å². The second-order valence-corrected chi connectivity index (χ2v) is 9.12. The van der Waals surface area contributed by atoms with Gasteiger partial charge in [0.2, 0.25) is 15.9 Å². The Morgan fingerprint density at radius 1 is 1.14 bits per heavy atom. The van der Waals surface area contributed by atoms with Crippen LogP contribution in [0.25, 0.3) is 0 Å². The molecule has 1 N–H and O–H groups in total. The number of benzene rings is 2. The molecule has 1 amide bonds.